The zero-order valence-corrected chi connectivity index (χ0v) is 55.0. The van der Waals surface area contributed by atoms with E-state index < -0.39 is 0 Å². The van der Waals surface area contributed by atoms with Crippen LogP contribution in [-0.4, -0.2) is 36.6 Å². The minimum absolute atomic E-state index is 0. The summed E-state index contributed by atoms with van der Waals surface area (Å²) in [6.07, 6.45) is 6.58. The molecule has 0 saturated carbocycles. The number of hydrogen-bond acceptors (Lipinski definition) is 4. The second kappa shape index (κ2) is 28.4. The highest BCUT2D eigenvalue weighted by Gasteiger charge is 2.52. The van der Waals surface area contributed by atoms with E-state index in [2.05, 4.69) is 309 Å². The molecule has 6 aromatic rings. The summed E-state index contributed by atoms with van der Waals surface area (Å²) in [5.74, 6) is 1.78. The Bertz CT molecular complexity index is 2500. The van der Waals surface area contributed by atoms with Gasteiger partial charge in [-0.15, -0.1) is 0 Å². The van der Waals surface area contributed by atoms with Crippen LogP contribution in [0.15, 0.2) is 155 Å². The van der Waals surface area contributed by atoms with Gasteiger partial charge in [-0.1, -0.05) is 241 Å². The first-order valence-corrected chi connectivity index (χ1v) is 30.7. The van der Waals surface area contributed by atoms with Gasteiger partial charge in [0.1, 0.15) is 0 Å². The van der Waals surface area contributed by atoms with Gasteiger partial charge in [0.25, 0.3) is 0 Å². The standard InChI is InChI=1S/C31H46B2O4.C21H28.C19H22Br2.2CH4/c1-27(2,3)24(20-22-12-16-25(17-13-22)32-34-28(4,5)29(6,7)35-32)21-23-14-18-26(19-15-23)33-36-30(8,9)31(10,11)37-33;1-16-6-10-18(11-7-16)14-20(21(3,4)5)15-19-12-8-17(2)9-13-19;1-19(2,3)16(12-14-4-8-17(20)9-5-14)13-15-6-10-18(21)11-7-15;;/h12-19,24H,20-21H2,1-11H3;6-13,20H,14-15H2,1-5H3;4-11,16H,12-13H2,1-3H3;2*1H4. The summed E-state index contributed by atoms with van der Waals surface area (Å²) in [7, 11) is -0.639. The highest BCUT2D eigenvalue weighted by Crippen LogP contribution is 2.39. The minimum atomic E-state index is -0.328. The van der Waals surface area contributed by atoms with Crippen LogP contribution in [0.5, 0.6) is 0 Å². The minimum Gasteiger partial charge on any atom is -0.399 e. The van der Waals surface area contributed by atoms with Crippen molar-refractivity contribution in [3.8, 4) is 0 Å². The maximum Gasteiger partial charge on any atom is 0.494 e. The Hall–Kier alpha value is -3.75. The van der Waals surface area contributed by atoms with Gasteiger partial charge >= 0.3 is 14.2 Å². The molecule has 2 aliphatic rings. The topological polar surface area (TPSA) is 36.9 Å². The van der Waals surface area contributed by atoms with Gasteiger partial charge in [0, 0.05) is 8.95 Å². The molecule has 8 heteroatoms. The van der Waals surface area contributed by atoms with Crippen LogP contribution in [0.2, 0.25) is 0 Å². The Morgan fingerprint density at radius 3 is 0.679 bits per heavy atom. The third kappa shape index (κ3) is 20.2. The van der Waals surface area contributed by atoms with Crippen molar-refractivity contribution in [3.63, 3.8) is 0 Å². The Balaban J connectivity index is 0.000000276. The van der Waals surface area contributed by atoms with Crippen molar-refractivity contribution in [1.29, 1.82) is 0 Å². The fraction of sp³-hybridized carbons (Fsp3) is 0.507. The number of hydrogen-bond donors (Lipinski definition) is 0. The monoisotopic (exact) mass is 1220 g/mol. The quantitative estimate of drug-likeness (QED) is 0.102. The average molecular weight is 1230 g/mol. The second-order valence-electron chi connectivity index (χ2n) is 28.3. The lowest BCUT2D eigenvalue weighted by Gasteiger charge is -2.32. The lowest BCUT2D eigenvalue weighted by molar-refractivity contribution is 0.00578. The zero-order chi connectivity index (χ0) is 58.4. The predicted octanol–water partition coefficient (Wildman–Crippen LogP) is 19.4. The number of benzene rings is 6. The summed E-state index contributed by atoms with van der Waals surface area (Å²) < 4.78 is 27.2. The second-order valence-corrected chi connectivity index (χ2v) is 30.1. The van der Waals surface area contributed by atoms with Crippen molar-refractivity contribution in [1.82, 2.24) is 0 Å². The van der Waals surface area contributed by atoms with Gasteiger partial charge in [-0.25, -0.2) is 0 Å². The van der Waals surface area contributed by atoms with Gasteiger partial charge < -0.3 is 18.6 Å². The highest BCUT2D eigenvalue weighted by molar-refractivity contribution is 9.10. The van der Waals surface area contributed by atoms with E-state index in [1.807, 2.05) is 0 Å². The van der Waals surface area contributed by atoms with E-state index in [1.54, 1.807) is 0 Å². The van der Waals surface area contributed by atoms with Crippen molar-refractivity contribution in [2.24, 2.45) is 34.0 Å². The largest absolute Gasteiger partial charge is 0.494 e. The molecule has 0 spiro atoms. The Kier molecular flexibility index (Phi) is 24.5. The molecule has 0 aromatic heterocycles. The van der Waals surface area contributed by atoms with Crippen molar-refractivity contribution >= 4 is 57.0 Å². The van der Waals surface area contributed by atoms with E-state index in [0.29, 0.717) is 28.6 Å². The summed E-state index contributed by atoms with van der Waals surface area (Å²) in [6, 6.07) is 53.1. The van der Waals surface area contributed by atoms with Crippen LogP contribution >= 0.6 is 31.9 Å². The molecule has 2 fully saturated rings. The molecule has 0 unspecified atom stereocenters. The molecular weight excluding hydrogens is 1120 g/mol. The Morgan fingerprint density at radius 2 is 0.494 bits per heavy atom. The first kappa shape index (κ1) is 69.7. The van der Waals surface area contributed by atoms with Crippen LogP contribution in [0.4, 0.5) is 0 Å². The molecule has 81 heavy (non-hydrogen) atoms. The van der Waals surface area contributed by atoms with Gasteiger partial charge in [0.2, 0.25) is 0 Å². The molecular formula is C73H104B2Br2O4. The summed E-state index contributed by atoms with van der Waals surface area (Å²) in [4.78, 5) is 0. The van der Waals surface area contributed by atoms with E-state index >= 15 is 0 Å². The van der Waals surface area contributed by atoms with Crippen molar-refractivity contribution < 1.29 is 18.6 Å². The summed E-state index contributed by atoms with van der Waals surface area (Å²) in [6.45, 7) is 42.2. The van der Waals surface area contributed by atoms with Crippen LogP contribution in [0, 0.1) is 47.8 Å². The Labute approximate surface area is 512 Å². The first-order chi connectivity index (χ1) is 36.6. The fourth-order valence-corrected chi connectivity index (χ4v) is 10.6. The molecule has 440 valence electrons. The molecule has 0 bridgehead atoms. The van der Waals surface area contributed by atoms with Crippen LogP contribution < -0.4 is 10.9 Å². The highest BCUT2D eigenvalue weighted by atomic mass is 79.9. The van der Waals surface area contributed by atoms with Crippen molar-refractivity contribution in [3.05, 3.63) is 199 Å². The van der Waals surface area contributed by atoms with Gasteiger partial charge in [0.15, 0.2) is 0 Å². The van der Waals surface area contributed by atoms with Crippen LogP contribution in [-0.2, 0) is 57.1 Å². The molecule has 2 heterocycles. The van der Waals surface area contributed by atoms with Crippen LogP contribution in [0.25, 0.3) is 0 Å². The molecule has 8 rings (SSSR count). The molecule has 0 N–H and O–H groups in total. The SMILES string of the molecule is C.C.CC(C)(C)C(Cc1ccc(B2OC(C)(C)C(C)(C)O2)cc1)Cc1ccc(B2OC(C)(C)C(C)(C)O2)cc1.CC(C)(C)C(Cc1ccc(Br)cc1)Cc1ccc(Br)cc1.Cc1ccc(CC(Cc2ccc(C)cc2)C(C)(C)C)cc1. The van der Waals surface area contributed by atoms with Crippen molar-refractivity contribution in [2.45, 2.75) is 207 Å². The number of halogens is 2. The van der Waals surface area contributed by atoms with Crippen LogP contribution in [0.3, 0.4) is 0 Å². The maximum absolute atomic E-state index is 6.23. The third-order valence-electron chi connectivity index (χ3n) is 17.6. The molecule has 6 aromatic carbocycles. The summed E-state index contributed by atoms with van der Waals surface area (Å²) in [5, 5.41) is 0. The molecule has 0 amide bonds. The maximum atomic E-state index is 6.23. The summed E-state index contributed by atoms with van der Waals surface area (Å²) in [5.41, 5.74) is 12.7. The predicted molar refractivity (Wildman–Crippen MR) is 359 cm³/mol. The Morgan fingerprint density at radius 1 is 0.321 bits per heavy atom. The molecule has 2 aliphatic heterocycles. The van der Waals surface area contributed by atoms with Gasteiger partial charge in [-0.2, -0.15) is 0 Å². The molecule has 0 radical (unpaired) electrons. The normalized spacial score (nSPS) is 16.3. The van der Waals surface area contributed by atoms with E-state index in [9.17, 15) is 0 Å². The van der Waals surface area contributed by atoms with Gasteiger partial charge in [0.05, 0.1) is 22.4 Å². The van der Waals surface area contributed by atoms with Gasteiger partial charge in [-0.05, 0) is 210 Å². The number of aryl methyl sites for hydroxylation is 2. The van der Waals surface area contributed by atoms with E-state index in [4.69, 9.17) is 18.6 Å². The van der Waals surface area contributed by atoms with E-state index in [1.165, 1.54) is 44.5 Å². The first-order valence-electron chi connectivity index (χ1n) is 29.1. The zero-order valence-electron chi connectivity index (χ0n) is 51.9. The average Bonchev–Trinajstić information content (AvgIpc) is 3.72. The molecule has 0 aliphatic carbocycles. The van der Waals surface area contributed by atoms with Gasteiger partial charge in [-0.3, -0.25) is 0 Å². The summed E-state index contributed by atoms with van der Waals surface area (Å²) >= 11 is 7.01. The molecule has 0 atom stereocenters. The number of rotatable bonds is 14. The lowest BCUT2D eigenvalue weighted by atomic mass is 9.72. The van der Waals surface area contributed by atoms with E-state index in [-0.39, 0.29) is 56.9 Å². The molecule has 2 saturated heterocycles. The van der Waals surface area contributed by atoms with E-state index in [0.717, 1.165) is 58.4 Å². The lowest BCUT2D eigenvalue weighted by Crippen LogP contribution is -2.41. The molecule has 4 nitrogen and oxygen atoms in total. The smallest absolute Gasteiger partial charge is 0.399 e. The van der Waals surface area contributed by atoms with Crippen molar-refractivity contribution in [2.75, 3.05) is 0 Å². The fourth-order valence-electron chi connectivity index (χ4n) is 10.0. The third-order valence-corrected chi connectivity index (χ3v) is 18.7. The van der Waals surface area contributed by atoms with Crippen LogP contribution in [0.1, 0.15) is 177 Å².